The fraction of sp³-hybridized carbons (Fsp3) is 0.471. The zero-order valence-corrected chi connectivity index (χ0v) is 14.2. The Labute approximate surface area is 146 Å². The van der Waals surface area contributed by atoms with Gasteiger partial charge in [0.25, 0.3) is 0 Å². The van der Waals surface area contributed by atoms with Crippen molar-refractivity contribution in [3.8, 4) is 11.5 Å². The van der Waals surface area contributed by atoms with Gasteiger partial charge in [-0.25, -0.2) is 4.79 Å². The minimum atomic E-state index is -0.126. The predicted molar refractivity (Wildman–Crippen MR) is 91.9 cm³/mol. The second-order valence-corrected chi connectivity index (χ2v) is 6.43. The summed E-state index contributed by atoms with van der Waals surface area (Å²) in [5.74, 6) is 0.950. The second kappa shape index (κ2) is 8.15. The lowest BCUT2D eigenvalue weighted by molar-refractivity contribution is 0.232. The van der Waals surface area contributed by atoms with Crippen LogP contribution in [-0.2, 0) is 6.42 Å². The Balaban J connectivity index is 1.43. The third-order valence-electron chi connectivity index (χ3n) is 4.12. The molecule has 7 heteroatoms. The van der Waals surface area contributed by atoms with E-state index in [4.69, 9.17) is 16.0 Å². The first-order valence-corrected chi connectivity index (χ1v) is 8.71. The summed E-state index contributed by atoms with van der Waals surface area (Å²) < 4.78 is 5.60. The van der Waals surface area contributed by atoms with Gasteiger partial charge in [-0.1, -0.05) is 30.9 Å². The number of halogens is 1. The van der Waals surface area contributed by atoms with Crippen LogP contribution in [0.5, 0.6) is 0 Å². The Hall–Kier alpha value is -2.08. The van der Waals surface area contributed by atoms with Crippen LogP contribution >= 0.6 is 11.6 Å². The Bertz CT molecular complexity index is 665. The lowest BCUT2D eigenvalue weighted by Gasteiger charge is -2.22. The molecule has 2 N–H and O–H groups in total. The standard InChI is InChI=1S/C17H21ClN4O2/c18-13-8-6-12(7-9-13)16-22-21-15(24-16)10-11-19-17(23)20-14-4-2-1-3-5-14/h6-9,14H,1-5,10-11H2,(H2,19,20,23). The molecule has 2 amide bonds. The van der Waals surface area contributed by atoms with Gasteiger partial charge in [-0.05, 0) is 37.1 Å². The predicted octanol–water partition coefficient (Wildman–Crippen LogP) is 3.56. The van der Waals surface area contributed by atoms with Gasteiger partial charge in [0.1, 0.15) is 0 Å². The van der Waals surface area contributed by atoms with E-state index in [2.05, 4.69) is 20.8 Å². The van der Waals surface area contributed by atoms with Crippen molar-refractivity contribution in [3.63, 3.8) is 0 Å². The highest BCUT2D eigenvalue weighted by atomic mass is 35.5. The van der Waals surface area contributed by atoms with Crippen molar-refractivity contribution in [2.75, 3.05) is 6.54 Å². The first-order chi connectivity index (χ1) is 11.7. The van der Waals surface area contributed by atoms with E-state index in [-0.39, 0.29) is 6.03 Å². The molecular formula is C17H21ClN4O2. The van der Waals surface area contributed by atoms with E-state index in [0.717, 1.165) is 18.4 Å². The molecule has 128 valence electrons. The van der Waals surface area contributed by atoms with Gasteiger partial charge in [0.15, 0.2) is 0 Å². The van der Waals surface area contributed by atoms with Crippen molar-refractivity contribution in [1.82, 2.24) is 20.8 Å². The highest BCUT2D eigenvalue weighted by Crippen LogP contribution is 2.20. The summed E-state index contributed by atoms with van der Waals surface area (Å²) in [6.45, 7) is 0.459. The summed E-state index contributed by atoms with van der Waals surface area (Å²) in [7, 11) is 0. The zero-order chi connectivity index (χ0) is 16.8. The minimum absolute atomic E-state index is 0.126. The van der Waals surface area contributed by atoms with Crippen molar-refractivity contribution in [2.24, 2.45) is 0 Å². The summed E-state index contributed by atoms with van der Waals surface area (Å²) in [6.07, 6.45) is 6.30. The first-order valence-electron chi connectivity index (χ1n) is 8.33. The number of hydrogen-bond donors (Lipinski definition) is 2. The zero-order valence-electron chi connectivity index (χ0n) is 13.4. The molecule has 1 saturated carbocycles. The fourth-order valence-electron chi connectivity index (χ4n) is 2.83. The van der Waals surface area contributed by atoms with E-state index in [9.17, 15) is 4.79 Å². The molecule has 3 rings (SSSR count). The maximum absolute atomic E-state index is 11.9. The van der Waals surface area contributed by atoms with Gasteiger partial charge in [-0.15, -0.1) is 10.2 Å². The molecule has 1 heterocycles. The van der Waals surface area contributed by atoms with Crippen LogP contribution in [0.25, 0.3) is 11.5 Å². The summed E-state index contributed by atoms with van der Waals surface area (Å²) in [4.78, 5) is 11.9. The third-order valence-corrected chi connectivity index (χ3v) is 4.37. The van der Waals surface area contributed by atoms with Crippen molar-refractivity contribution < 1.29 is 9.21 Å². The lowest BCUT2D eigenvalue weighted by atomic mass is 9.96. The summed E-state index contributed by atoms with van der Waals surface area (Å²) >= 11 is 5.86. The van der Waals surface area contributed by atoms with Gasteiger partial charge in [0, 0.05) is 29.6 Å². The smallest absolute Gasteiger partial charge is 0.315 e. The normalized spacial score (nSPS) is 15.2. The van der Waals surface area contributed by atoms with Gasteiger partial charge in [-0.3, -0.25) is 0 Å². The van der Waals surface area contributed by atoms with E-state index >= 15 is 0 Å². The molecule has 1 aromatic carbocycles. The van der Waals surface area contributed by atoms with Crippen LogP contribution in [-0.4, -0.2) is 28.8 Å². The Kier molecular flexibility index (Phi) is 5.69. The topological polar surface area (TPSA) is 80.1 Å². The lowest BCUT2D eigenvalue weighted by Crippen LogP contribution is -2.43. The average Bonchev–Trinajstić information content (AvgIpc) is 3.05. The number of nitrogens with zero attached hydrogens (tertiary/aromatic N) is 2. The van der Waals surface area contributed by atoms with Gasteiger partial charge >= 0.3 is 6.03 Å². The quantitative estimate of drug-likeness (QED) is 0.865. The molecule has 1 aliphatic carbocycles. The highest BCUT2D eigenvalue weighted by molar-refractivity contribution is 6.30. The molecular weight excluding hydrogens is 328 g/mol. The SMILES string of the molecule is O=C(NCCc1nnc(-c2ccc(Cl)cc2)o1)NC1CCCCC1. The largest absolute Gasteiger partial charge is 0.421 e. The Morgan fingerprint density at radius 3 is 2.67 bits per heavy atom. The number of amides is 2. The number of aromatic nitrogens is 2. The number of urea groups is 1. The van der Waals surface area contributed by atoms with Gasteiger partial charge < -0.3 is 15.1 Å². The fourth-order valence-corrected chi connectivity index (χ4v) is 2.96. The Morgan fingerprint density at radius 1 is 1.17 bits per heavy atom. The average molecular weight is 349 g/mol. The van der Waals surface area contributed by atoms with Crippen LogP contribution in [0.1, 0.15) is 38.0 Å². The Morgan fingerprint density at radius 2 is 1.92 bits per heavy atom. The molecule has 6 nitrogen and oxygen atoms in total. The van der Waals surface area contributed by atoms with E-state index in [1.54, 1.807) is 12.1 Å². The highest BCUT2D eigenvalue weighted by Gasteiger charge is 2.15. The van der Waals surface area contributed by atoms with Crippen LogP contribution in [0, 0.1) is 0 Å². The summed E-state index contributed by atoms with van der Waals surface area (Å²) in [6, 6.07) is 7.39. The number of hydrogen-bond acceptors (Lipinski definition) is 4. The van der Waals surface area contributed by atoms with Crippen LogP contribution in [0.4, 0.5) is 4.79 Å². The molecule has 2 aromatic rings. The number of carbonyl (C=O) groups excluding carboxylic acids is 1. The number of carbonyl (C=O) groups is 1. The van der Waals surface area contributed by atoms with E-state index in [1.807, 2.05) is 12.1 Å². The molecule has 1 fully saturated rings. The summed E-state index contributed by atoms with van der Waals surface area (Å²) in [5.41, 5.74) is 0.821. The molecule has 0 bridgehead atoms. The van der Waals surface area contributed by atoms with E-state index < -0.39 is 0 Å². The molecule has 1 aromatic heterocycles. The molecule has 0 unspecified atom stereocenters. The molecule has 0 atom stereocenters. The number of rotatable bonds is 5. The maximum Gasteiger partial charge on any atom is 0.315 e. The van der Waals surface area contributed by atoms with Crippen LogP contribution in [0.3, 0.4) is 0 Å². The van der Waals surface area contributed by atoms with Gasteiger partial charge in [-0.2, -0.15) is 0 Å². The molecule has 24 heavy (non-hydrogen) atoms. The van der Waals surface area contributed by atoms with Gasteiger partial charge in [0.2, 0.25) is 11.8 Å². The van der Waals surface area contributed by atoms with Crippen LogP contribution in [0.15, 0.2) is 28.7 Å². The van der Waals surface area contributed by atoms with Crippen molar-refractivity contribution in [3.05, 3.63) is 35.2 Å². The van der Waals surface area contributed by atoms with E-state index in [1.165, 1.54) is 19.3 Å². The van der Waals surface area contributed by atoms with Crippen LogP contribution < -0.4 is 10.6 Å². The molecule has 0 radical (unpaired) electrons. The van der Waals surface area contributed by atoms with Crippen LogP contribution in [0.2, 0.25) is 5.02 Å². The number of benzene rings is 1. The van der Waals surface area contributed by atoms with Crippen molar-refractivity contribution in [2.45, 2.75) is 44.6 Å². The van der Waals surface area contributed by atoms with Gasteiger partial charge in [0.05, 0.1) is 0 Å². The first kappa shape index (κ1) is 16.8. The summed E-state index contributed by atoms with van der Waals surface area (Å²) in [5, 5.41) is 14.5. The molecule has 1 aliphatic rings. The molecule has 0 aliphatic heterocycles. The number of nitrogens with one attached hydrogen (secondary N) is 2. The second-order valence-electron chi connectivity index (χ2n) is 5.99. The maximum atomic E-state index is 11.9. The minimum Gasteiger partial charge on any atom is -0.421 e. The monoisotopic (exact) mass is 348 g/mol. The third kappa shape index (κ3) is 4.71. The van der Waals surface area contributed by atoms with Crippen molar-refractivity contribution >= 4 is 17.6 Å². The molecule has 0 saturated heterocycles. The van der Waals surface area contributed by atoms with E-state index in [0.29, 0.717) is 35.8 Å². The molecule has 0 spiro atoms. The van der Waals surface area contributed by atoms with Crippen molar-refractivity contribution in [1.29, 1.82) is 0 Å².